The molecule has 0 amide bonds. The molecule has 0 aromatic carbocycles. The van der Waals surface area contributed by atoms with Gasteiger partial charge in [-0.2, -0.15) is 13.2 Å². The lowest BCUT2D eigenvalue weighted by Crippen LogP contribution is -2.21. The summed E-state index contributed by atoms with van der Waals surface area (Å²) in [6.07, 6.45) is -4.09. The van der Waals surface area contributed by atoms with Crippen LogP contribution in [0.4, 0.5) is 13.2 Å². The first-order valence-electron chi connectivity index (χ1n) is 2.03. The first-order chi connectivity index (χ1) is 3.42. The molecule has 0 atom stereocenters. The maximum Gasteiger partial charge on any atom is 0.458 e. The van der Waals surface area contributed by atoms with Gasteiger partial charge in [-0.15, -0.1) is 0 Å². The molecule has 0 rings (SSSR count). The average Bonchev–Trinajstić information content (AvgIpc) is 1.21. The van der Waals surface area contributed by atoms with E-state index >= 15 is 0 Å². The fourth-order valence-electron chi connectivity index (χ4n) is 0.327. The highest BCUT2D eigenvalue weighted by Crippen LogP contribution is 2.15. The lowest BCUT2D eigenvalue weighted by molar-refractivity contribution is -0.224. The number of hydrogen-bond acceptors (Lipinski definition) is 0. The number of halogens is 3. The van der Waals surface area contributed by atoms with Gasteiger partial charge in [-0.3, -0.25) is 0 Å². The second kappa shape index (κ2) is 2.35. The van der Waals surface area contributed by atoms with Gasteiger partial charge in [-0.1, -0.05) is 0 Å². The molecule has 0 spiro atoms. The molecule has 4 heteroatoms. The van der Waals surface area contributed by atoms with Crippen molar-refractivity contribution in [2.24, 2.45) is 0 Å². The van der Waals surface area contributed by atoms with Gasteiger partial charge in [-0.25, -0.2) is 0 Å². The monoisotopic (exact) mass is 129 g/mol. The quantitative estimate of drug-likeness (QED) is 0.470. The van der Waals surface area contributed by atoms with Crippen LogP contribution in [-0.4, -0.2) is 27.0 Å². The normalized spacial score (nSPS) is 12.8. The van der Waals surface area contributed by atoms with Gasteiger partial charge in [0.15, 0.2) is 0 Å². The zero-order valence-corrected chi connectivity index (χ0v) is 4.75. The molecule has 0 N–H and O–H groups in total. The molecule has 0 heterocycles. The summed E-state index contributed by atoms with van der Waals surface area (Å²) in [5, 5.41) is 0. The molecule has 0 saturated carbocycles. The van der Waals surface area contributed by atoms with Gasteiger partial charge in [0, 0.05) is 0 Å². The minimum Gasteiger partial charge on any atom is -0.420 e. The molecule has 1 nitrogen and oxygen atoms in total. The van der Waals surface area contributed by atoms with Crippen LogP contribution >= 0.6 is 0 Å². The maximum absolute atomic E-state index is 11.2. The summed E-state index contributed by atoms with van der Waals surface area (Å²) >= 11 is 0. The Morgan fingerprint density at radius 1 is 1.25 bits per heavy atom. The average molecular weight is 129 g/mol. The number of rotatable bonds is 1. The van der Waals surface area contributed by atoms with Gasteiger partial charge in [0.05, 0.1) is 0 Å². The third kappa shape index (κ3) is 5.75. The Kier molecular flexibility index (Phi) is 2.27. The molecular weight excluding hydrogens is 121 g/mol. The van der Waals surface area contributed by atoms with Crippen LogP contribution in [0.5, 0.6) is 0 Å². The zero-order chi connectivity index (χ0) is 6.78. The molecule has 0 unspecified atom stereocenters. The van der Waals surface area contributed by atoms with Gasteiger partial charge >= 0.3 is 6.18 Å². The topological polar surface area (TPSA) is 2.70 Å². The summed E-state index contributed by atoms with van der Waals surface area (Å²) in [5.41, 5.74) is 0. The van der Waals surface area contributed by atoms with E-state index < -0.39 is 12.8 Å². The van der Waals surface area contributed by atoms with E-state index in [2.05, 4.69) is 0 Å². The van der Waals surface area contributed by atoms with Crippen LogP contribution in [0.25, 0.3) is 0 Å². The molecule has 0 aliphatic rings. The van der Waals surface area contributed by atoms with Crippen molar-refractivity contribution in [3.05, 3.63) is 0 Å². The van der Waals surface area contributed by atoms with Crippen LogP contribution < -0.4 is 0 Å². The SMILES string of the molecule is C[O+](C)CC(F)(F)F. The number of hydrogen-bond donors (Lipinski definition) is 0. The summed E-state index contributed by atoms with van der Waals surface area (Å²) in [4.78, 5) is 0. The maximum atomic E-state index is 11.2. The molecule has 0 aromatic rings. The van der Waals surface area contributed by atoms with E-state index in [1.807, 2.05) is 0 Å². The van der Waals surface area contributed by atoms with Crippen molar-refractivity contribution in [3.8, 4) is 0 Å². The van der Waals surface area contributed by atoms with Crippen molar-refractivity contribution >= 4 is 0 Å². The Bertz CT molecular complexity index is 66.2. The van der Waals surface area contributed by atoms with E-state index in [4.69, 9.17) is 0 Å². The molecule has 0 saturated heterocycles. The van der Waals surface area contributed by atoms with Crippen molar-refractivity contribution in [2.75, 3.05) is 20.8 Å². The molecule has 0 aromatic heterocycles. The molecule has 50 valence electrons. The Morgan fingerprint density at radius 3 is 1.62 bits per heavy atom. The van der Waals surface area contributed by atoms with Crippen LogP contribution in [-0.2, 0) is 4.37 Å². The predicted molar refractivity (Wildman–Crippen MR) is 23.9 cm³/mol. The van der Waals surface area contributed by atoms with E-state index in [0.29, 0.717) is 0 Å². The molecule has 0 radical (unpaired) electrons. The van der Waals surface area contributed by atoms with Crippen LogP contribution in [0.1, 0.15) is 0 Å². The van der Waals surface area contributed by atoms with Crippen molar-refractivity contribution < 1.29 is 17.5 Å². The third-order valence-corrected chi connectivity index (χ3v) is 0.452. The van der Waals surface area contributed by atoms with E-state index in [1.54, 1.807) is 4.37 Å². The van der Waals surface area contributed by atoms with E-state index in [-0.39, 0.29) is 0 Å². The van der Waals surface area contributed by atoms with E-state index in [0.717, 1.165) is 0 Å². The Morgan fingerprint density at radius 2 is 1.62 bits per heavy atom. The molecule has 0 fully saturated rings. The minimum atomic E-state index is -4.09. The molecule has 8 heavy (non-hydrogen) atoms. The molecule has 0 aliphatic heterocycles. The second-order valence-electron chi connectivity index (χ2n) is 1.75. The summed E-state index contributed by atoms with van der Waals surface area (Å²) in [6.45, 7) is -0.924. The van der Waals surface area contributed by atoms with Gasteiger partial charge in [0.25, 0.3) is 0 Å². The fourth-order valence-corrected chi connectivity index (χ4v) is 0.327. The van der Waals surface area contributed by atoms with Gasteiger partial charge in [0.1, 0.15) is 14.2 Å². The highest BCUT2D eigenvalue weighted by Gasteiger charge is 2.32. The summed E-state index contributed by atoms with van der Waals surface area (Å²) in [7, 11) is 2.60. The van der Waals surface area contributed by atoms with Gasteiger partial charge in [-0.05, 0) is 0 Å². The first-order valence-corrected chi connectivity index (χ1v) is 2.03. The first kappa shape index (κ1) is 7.75. The molecular formula is C4H8F3O+. The van der Waals surface area contributed by atoms with Crippen molar-refractivity contribution in [2.45, 2.75) is 6.18 Å². The largest absolute Gasteiger partial charge is 0.458 e. The summed E-state index contributed by atoms with van der Waals surface area (Å²) in [6, 6.07) is 0. The molecule has 0 aliphatic carbocycles. The second-order valence-corrected chi connectivity index (χ2v) is 1.75. The highest BCUT2D eigenvalue weighted by molar-refractivity contribution is 4.45. The van der Waals surface area contributed by atoms with Gasteiger partial charge < -0.3 is 4.37 Å². The van der Waals surface area contributed by atoms with Crippen molar-refractivity contribution in [3.63, 3.8) is 0 Å². The fraction of sp³-hybridized carbons (Fsp3) is 1.00. The Balaban J connectivity index is 3.39. The third-order valence-electron chi connectivity index (χ3n) is 0.452. The summed E-state index contributed by atoms with van der Waals surface area (Å²) in [5.74, 6) is 0. The van der Waals surface area contributed by atoms with Gasteiger partial charge in [0.2, 0.25) is 6.61 Å². The summed E-state index contributed by atoms with van der Waals surface area (Å²) < 4.78 is 35.5. The van der Waals surface area contributed by atoms with Crippen LogP contribution in [0.3, 0.4) is 0 Å². The minimum absolute atomic E-state index is 0.924. The zero-order valence-electron chi connectivity index (χ0n) is 4.75. The van der Waals surface area contributed by atoms with Crippen molar-refractivity contribution in [1.29, 1.82) is 0 Å². The smallest absolute Gasteiger partial charge is 0.420 e. The predicted octanol–water partition coefficient (Wildman–Crippen LogP) is 1.36. The molecule has 0 bridgehead atoms. The lowest BCUT2D eigenvalue weighted by atomic mass is 10.7. The van der Waals surface area contributed by atoms with Crippen LogP contribution in [0, 0.1) is 0 Å². The number of alkyl halides is 3. The van der Waals surface area contributed by atoms with E-state index in [1.165, 1.54) is 14.2 Å². The van der Waals surface area contributed by atoms with Crippen LogP contribution in [0.2, 0.25) is 0 Å². The Labute approximate surface area is 45.8 Å². The lowest BCUT2D eigenvalue weighted by Gasteiger charge is -2.08. The Hall–Kier alpha value is -0.250. The van der Waals surface area contributed by atoms with Crippen molar-refractivity contribution in [1.82, 2.24) is 0 Å². The van der Waals surface area contributed by atoms with E-state index in [9.17, 15) is 13.2 Å². The highest BCUT2D eigenvalue weighted by atomic mass is 19.4. The van der Waals surface area contributed by atoms with Crippen LogP contribution in [0.15, 0.2) is 0 Å². The standard InChI is InChI=1S/C4H8F3O/c1-8(2)3-4(5,6)7/h3H2,1-2H3/q+1.